The fourth-order valence-electron chi connectivity index (χ4n) is 0.353. The van der Waals surface area contributed by atoms with Crippen LogP contribution in [0.3, 0.4) is 0 Å². The topological polar surface area (TPSA) is 36.2 Å². The zero-order valence-corrected chi connectivity index (χ0v) is 6.76. The molecule has 0 bridgehead atoms. The molecule has 0 fully saturated rings. The molecule has 2 nitrogen and oxygen atoms in total. The van der Waals surface area contributed by atoms with E-state index in [0.717, 1.165) is 5.71 Å². The fourth-order valence-corrected chi connectivity index (χ4v) is 0.353. The van der Waals surface area contributed by atoms with Crippen LogP contribution in [0.2, 0.25) is 0 Å². The van der Waals surface area contributed by atoms with Gasteiger partial charge in [0.1, 0.15) is 0 Å². The first kappa shape index (κ1) is 9.08. The average molecular weight is 138 g/mol. The van der Waals surface area contributed by atoms with Gasteiger partial charge in [-0.05, 0) is 18.9 Å². The van der Waals surface area contributed by atoms with Crippen LogP contribution in [0.5, 0.6) is 0 Å². The molecular formula is C8H14N2. The zero-order valence-electron chi connectivity index (χ0n) is 6.76. The van der Waals surface area contributed by atoms with Crippen LogP contribution in [0.4, 0.5) is 0 Å². The summed E-state index contributed by atoms with van der Waals surface area (Å²) in [6.45, 7) is 6.17. The Kier molecular flexibility index (Phi) is 4.46. The summed E-state index contributed by atoms with van der Waals surface area (Å²) in [5.41, 5.74) is 1.10. The smallest absolute Gasteiger partial charge is 0.0282 e. The summed E-state index contributed by atoms with van der Waals surface area (Å²) in [6, 6.07) is 0. The number of aliphatic imine (C=N–C) groups is 1. The van der Waals surface area contributed by atoms with Gasteiger partial charge in [0.25, 0.3) is 0 Å². The molecule has 0 aromatic rings. The van der Waals surface area contributed by atoms with Gasteiger partial charge >= 0.3 is 0 Å². The zero-order chi connectivity index (χ0) is 7.98. The number of nitrogens with zero attached hydrogens (tertiary/aromatic N) is 1. The SMILES string of the molecule is C/C(=N\C=C/C=N)C(C)C. The number of nitrogens with one attached hydrogen (secondary N) is 1. The second-order valence-corrected chi connectivity index (χ2v) is 2.43. The highest BCUT2D eigenvalue weighted by atomic mass is 14.7. The van der Waals surface area contributed by atoms with Crippen molar-refractivity contribution in [3.8, 4) is 0 Å². The maximum absolute atomic E-state index is 6.67. The standard InChI is InChI=1S/C8H14N2/c1-7(2)8(3)10-6-4-5-9/h4-7,9H,1-3H3/b6-4-,9-5?,10-8+. The molecule has 2 heteroatoms. The summed E-state index contributed by atoms with van der Waals surface area (Å²) in [5, 5.41) is 6.67. The van der Waals surface area contributed by atoms with E-state index >= 15 is 0 Å². The largest absolute Gasteiger partial charge is 0.309 e. The van der Waals surface area contributed by atoms with Crippen molar-refractivity contribution in [3.05, 3.63) is 12.3 Å². The van der Waals surface area contributed by atoms with Crippen LogP contribution < -0.4 is 0 Å². The van der Waals surface area contributed by atoms with Crippen LogP contribution in [-0.2, 0) is 0 Å². The fraction of sp³-hybridized carbons (Fsp3) is 0.500. The summed E-state index contributed by atoms with van der Waals surface area (Å²) < 4.78 is 0. The molecule has 0 radical (unpaired) electrons. The second-order valence-electron chi connectivity index (χ2n) is 2.43. The number of rotatable bonds is 3. The monoisotopic (exact) mass is 138 g/mol. The first-order chi connectivity index (χ1) is 4.68. The minimum atomic E-state index is 0.496. The van der Waals surface area contributed by atoms with Gasteiger partial charge in [0.05, 0.1) is 0 Å². The predicted molar refractivity (Wildman–Crippen MR) is 45.9 cm³/mol. The summed E-state index contributed by atoms with van der Waals surface area (Å²) in [6.07, 6.45) is 4.46. The van der Waals surface area contributed by atoms with Gasteiger partial charge in [-0.3, -0.25) is 4.99 Å². The maximum Gasteiger partial charge on any atom is 0.0282 e. The Hall–Kier alpha value is -0.920. The van der Waals surface area contributed by atoms with Crippen LogP contribution in [0.1, 0.15) is 20.8 Å². The lowest BCUT2D eigenvalue weighted by Crippen LogP contribution is -1.99. The van der Waals surface area contributed by atoms with Crippen LogP contribution in [0, 0.1) is 11.3 Å². The van der Waals surface area contributed by atoms with Crippen molar-refractivity contribution >= 4 is 11.9 Å². The van der Waals surface area contributed by atoms with Gasteiger partial charge < -0.3 is 5.41 Å². The van der Waals surface area contributed by atoms with Gasteiger partial charge in [0, 0.05) is 18.1 Å². The van der Waals surface area contributed by atoms with E-state index in [0.29, 0.717) is 5.92 Å². The van der Waals surface area contributed by atoms with Crippen molar-refractivity contribution in [1.29, 1.82) is 5.41 Å². The molecular weight excluding hydrogens is 124 g/mol. The van der Waals surface area contributed by atoms with Crippen molar-refractivity contribution < 1.29 is 0 Å². The molecule has 0 aromatic heterocycles. The molecule has 0 heterocycles. The molecule has 0 aromatic carbocycles. The van der Waals surface area contributed by atoms with E-state index in [2.05, 4.69) is 18.8 Å². The third-order valence-electron chi connectivity index (χ3n) is 1.30. The molecule has 0 aliphatic carbocycles. The maximum atomic E-state index is 6.67. The van der Waals surface area contributed by atoms with E-state index in [4.69, 9.17) is 5.41 Å². The lowest BCUT2D eigenvalue weighted by Gasteiger charge is -1.99. The minimum Gasteiger partial charge on any atom is -0.309 e. The van der Waals surface area contributed by atoms with Crippen LogP contribution in [0.15, 0.2) is 17.3 Å². The molecule has 0 unspecified atom stereocenters. The van der Waals surface area contributed by atoms with Crippen molar-refractivity contribution in [2.24, 2.45) is 10.9 Å². The average Bonchev–Trinajstić information content (AvgIpc) is 1.88. The second kappa shape index (κ2) is 4.91. The first-order valence-corrected chi connectivity index (χ1v) is 3.38. The number of allylic oxidation sites excluding steroid dienone is 1. The van der Waals surface area contributed by atoms with Crippen molar-refractivity contribution in [2.45, 2.75) is 20.8 Å². The predicted octanol–water partition coefficient (Wildman–Crippen LogP) is 2.27. The molecule has 0 rings (SSSR count). The Morgan fingerprint density at radius 2 is 2.10 bits per heavy atom. The highest BCUT2D eigenvalue weighted by molar-refractivity contribution is 5.84. The Labute approximate surface area is 62.2 Å². The molecule has 0 aliphatic rings. The Morgan fingerprint density at radius 1 is 1.50 bits per heavy atom. The lowest BCUT2D eigenvalue weighted by molar-refractivity contribution is 0.878. The van der Waals surface area contributed by atoms with E-state index in [-0.39, 0.29) is 0 Å². The highest BCUT2D eigenvalue weighted by Gasteiger charge is 1.93. The molecule has 10 heavy (non-hydrogen) atoms. The quantitative estimate of drug-likeness (QED) is 0.581. The van der Waals surface area contributed by atoms with Gasteiger partial charge in [-0.25, -0.2) is 0 Å². The first-order valence-electron chi connectivity index (χ1n) is 3.38. The van der Waals surface area contributed by atoms with Crippen molar-refractivity contribution in [3.63, 3.8) is 0 Å². The van der Waals surface area contributed by atoms with E-state index in [9.17, 15) is 0 Å². The summed E-state index contributed by atoms with van der Waals surface area (Å²) in [5.74, 6) is 0.496. The number of hydrogen-bond donors (Lipinski definition) is 1. The van der Waals surface area contributed by atoms with E-state index in [1.807, 2.05) is 6.92 Å². The van der Waals surface area contributed by atoms with Crippen LogP contribution in [0.25, 0.3) is 0 Å². The van der Waals surface area contributed by atoms with Gasteiger partial charge in [-0.1, -0.05) is 13.8 Å². The van der Waals surface area contributed by atoms with Crippen LogP contribution >= 0.6 is 0 Å². The molecule has 1 N–H and O–H groups in total. The van der Waals surface area contributed by atoms with Crippen molar-refractivity contribution in [1.82, 2.24) is 0 Å². The van der Waals surface area contributed by atoms with Gasteiger partial charge in [-0.2, -0.15) is 0 Å². The summed E-state index contributed by atoms with van der Waals surface area (Å²) >= 11 is 0. The molecule has 0 saturated heterocycles. The summed E-state index contributed by atoms with van der Waals surface area (Å²) in [7, 11) is 0. The molecule has 0 atom stereocenters. The van der Waals surface area contributed by atoms with Gasteiger partial charge in [0.2, 0.25) is 0 Å². The Balaban J connectivity index is 3.91. The van der Waals surface area contributed by atoms with E-state index in [1.54, 1.807) is 12.3 Å². The van der Waals surface area contributed by atoms with E-state index in [1.165, 1.54) is 6.21 Å². The summed E-state index contributed by atoms with van der Waals surface area (Å²) in [4.78, 5) is 4.10. The highest BCUT2D eigenvalue weighted by Crippen LogP contribution is 1.95. The molecule has 0 amide bonds. The molecule has 0 saturated carbocycles. The van der Waals surface area contributed by atoms with Gasteiger partial charge in [-0.15, -0.1) is 0 Å². The van der Waals surface area contributed by atoms with Gasteiger partial charge in [0.15, 0.2) is 0 Å². The Bertz CT molecular complexity index is 155. The number of hydrogen-bond acceptors (Lipinski definition) is 2. The molecule has 0 aliphatic heterocycles. The third kappa shape index (κ3) is 4.01. The third-order valence-corrected chi connectivity index (χ3v) is 1.30. The normalized spacial score (nSPS) is 13.0. The minimum absolute atomic E-state index is 0.496. The van der Waals surface area contributed by atoms with Crippen LogP contribution in [-0.4, -0.2) is 11.9 Å². The van der Waals surface area contributed by atoms with Crippen molar-refractivity contribution in [2.75, 3.05) is 0 Å². The Morgan fingerprint density at radius 3 is 2.50 bits per heavy atom. The molecule has 0 spiro atoms. The molecule has 56 valence electrons. The lowest BCUT2D eigenvalue weighted by atomic mass is 10.1. The van der Waals surface area contributed by atoms with E-state index < -0.39 is 0 Å².